The van der Waals surface area contributed by atoms with Crippen LogP contribution in [0.25, 0.3) is 0 Å². The van der Waals surface area contributed by atoms with E-state index in [2.05, 4.69) is 10.6 Å². The molecule has 0 saturated heterocycles. The highest BCUT2D eigenvalue weighted by atomic mass is 16.6. The van der Waals surface area contributed by atoms with Crippen LogP contribution in [0.4, 0.5) is 4.79 Å². The Hall–Kier alpha value is -0.810. The summed E-state index contributed by atoms with van der Waals surface area (Å²) < 4.78 is 10.3. The van der Waals surface area contributed by atoms with Gasteiger partial charge < -0.3 is 20.1 Å². The molecule has 0 aliphatic rings. The molecule has 0 fully saturated rings. The monoisotopic (exact) mass is 260 g/mol. The summed E-state index contributed by atoms with van der Waals surface area (Å²) >= 11 is 0. The molecule has 1 amide bonds. The van der Waals surface area contributed by atoms with Crippen LogP contribution in [0.1, 0.15) is 40.5 Å². The van der Waals surface area contributed by atoms with Crippen LogP contribution in [0.2, 0.25) is 0 Å². The maximum atomic E-state index is 11.3. The lowest BCUT2D eigenvalue weighted by molar-refractivity contribution is 0.0527. The summed E-state index contributed by atoms with van der Waals surface area (Å²) in [5.41, 5.74) is -0.429. The number of hydrogen-bond donors (Lipinski definition) is 2. The molecule has 0 heterocycles. The second-order valence-corrected chi connectivity index (χ2v) is 5.08. The van der Waals surface area contributed by atoms with Crippen LogP contribution in [0, 0.1) is 0 Å². The zero-order valence-corrected chi connectivity index (χ0v) is 12.2. The molecule has 108 valence electrons. The van der Waals surface area contributed by atoms with E-state index in [1.807, 2.05) is 27.7 Å². The first-order chi connectivity index (χ1) is 8.45. The molecular formula is C13H28N2O3. The predicted octanol–water partition coefficient (Wildman–Crippen LogP) is 1.92. The Kier molecular flexibility index (Phi) is 9.69. The van der Waals surface area contributed by atoms with Gasteiger partial charge in [-0.2, -0.15) is 0 Å². The van der Waals surface area contributed by atoms with Gasteiger partial charge in [-0.1, -0.05) is 0 Å². The molecule has 0 aromatic carbocycles. The van der Waals surface area contributed by atoms with Crippen LogP contribution >= 0.6 is 0 Å². The fraction of sp³-hybridized carbons (Fsp3) is 0.923. The summed E-state index contributed by atoms with van der Waals surface area (Å²) in [6, 6.07) is 0. The Morgan fingerprint density at radius 3 is 2.39 bits per heavy atom. The molecule has 0 rings (SSSR count). The summed E-state index contributed by atoms with van der Waals surface area (Å²) in [5.74, 6) is 0. The van der Waals surface area contributed by atoms with Crippen molar-refractivity contribution in [2.75, 3.05) is 32.8 Å². The van der Waals surface area contributed by atoms with E-state index in [0.29, 0.717) is 6.54 Å². The Bertz CT molecular complexity index is 215. The van der Waals surface area contributed by atoms with Gasteiger partial charge in [0.2, 0.25) is 0 Å². The molecule has 0 radical (unpaired) electrons. The van der Waals surface area contributed by atoms with Crippen LogP contribution in [0.3, 0.4) is 0 Å². The summed E-state index contributed by atoms with van der Waals surface area (Å²) in [6.45, 7) is 11.6. The van der Waals surface area contributed by atoms with Gasteiger partial charge in [-0.15, -0.1) is 0 Å². The first-order valence-electron chi connectivity index (χ1n) is 6.71. The zero-order chi connectivity index (χ0) is 13.9. The molecule has 0 aliphatic carbocycles. The van der Waals surface area contributed by atoms with E-state index < -0.39 is 5.60 Å². The molecule has 18 heavy (non-hydrogen) atoms. The van der Waals surface area contributed by atoms with Crippen molar-refractivity contribution in [2.24, 2.45) is 0 Å². The number of carbonyl (C=O) groups excluding carboxylic acids is 1. The molecule has 0 unspecified atom stereocenters. The molecule has 0 atom stereocenters. The van der Waals surface area contributed by atoms with Gasteiger partial charge in [-0.05, 0) is 53.6 Å². The average Bonchev–Trinajstić information content (AvgIpc) is 2.24. The SMILES string of the molecule is CCOCCCNCCCNC(=O)OC(C)(C)C. The van der Waals surface area contributed by atoms with Gasteiger partial charge in [0.1, 0.15) is 5.60 Å². The van der Waals surface area contributed by atoms with E-state index >= 15 is 0 Å². The van der Waals surface area contributed by atoms with Crippen LogP contribution in [-0.2, 0) is 9.47 Å². The minimum atomic E-state index is -0.429. The lowest BCUT2D eigenvalue weighted by Crippen LogP contribution is -2.34. The molecule has 0 aliphatic heterocycles. The second kappa shape index (κ2) is 10.1. The van der Waals surface area contributed by atoms with E-state index in [-0.39, 0.29) is 6.09 Å². The zero-order valence-electron chi connectivity index (χ0n) is 12.2. The van der Waals surface area contributed by atoms with Crippen LogP contribution < -0.4 is 10.6 Å². The molecule has 0 spiro atoms. The van der Waals surface area contributed by atoms with E-state index in [1.165, 1.54) is 0 Å². The molecule has 5 nitrogen and oxygen atoms in total. The van der Waals surface area contributed by atoms with Gasteiger partial charge in [-0.3, -0.25) is 0 Å². The number of hydrogen-bond acceptors (Lipinski definition) is 4. The van der Waals surface area contributed by atoms with Crippen molar-refractivity contribution in [2.45, 2.75) is 46.1 Å². The van der Waals surface area contributed by atoms with Crippen LogP contribution in [-0.4, -0.2) is 44.5 Å². The number of ether oxygens (including phenoxy) is 2. The molecule has 5 heteroatoms. The van der Waals surface area contributed by atoms with Crippen molar-refractivity contribution >= 4 is 6.09 Å². The highest BCUT2D eigenvalue weighted by molar-refractivity contribution is 5.67. The largest absolute Gasteiger partial charge is 0.444 e. The normalized spacial score (nSPS) is 11.3. The summed E-state index contributed by atoms with van der Waals surface area (Å²) in [7, 11) is 0. The third-order valence-corrected chi connectivity index (χ3v) is 2.04. The highest BCUT2D eigenvalue weighted by Crippen LogP contribution is 2.06. The number of alkyl carbamates (subject to hydrolysis) is 1. The third-order valence-electron chi connectivity index (χ3n) is 2.04. The first-order valence-corrected chi connectivity index (χ1v) is 6.71. The van der Waals surface area contributed by atoms with E-state index in [9.17, 15) is 4.79 Å². The van der Waals surface area contributed by atoms with Gasteiger partial charge in [-0.25, -0.2) is 4.79 Å². The smallest absolute Gasteiger partial charge is 0.407 e. The first kappa shape index (κ1) is 17.2. The summed E-state index contributed by atoms with van der Waals surface area (Å²) in [4.78, 5) is 11.3. The maximum absolute atomic E-state index is 11.3. The summed E-state index contributed by atoms with van der Waals surface area (Å²) in [5, 5.41) is 6.02. The number of rotatable bonds is 9. The molecule has 0 aromatic heterocycles. The van der Waals surface area contributed by atoms with Gasteiger partial charge in [0.25, 0.3) is 0 Å². The number of carbonyl (C=O) groups is 1. The molecule has 2 N–H and O–H groups in total. The molecule has 0 aromatic rings. The Morgan fingerprint density at radius 1 is 1.11 bits per heavy atom. The quantitative estimate of drug-likeness (QED) is 0.622. The molecule has 0 saturated carbocycles. The van der Waals surface area contributed by atoms with Crippen molar-refractivity contribution in [1.82, 2.24) is 10.6 Å². The fourth-order valence-corrected chi connectivity index (χ4v) is 1.29. The van der Waals surface area contributed by atoms with Gasteiger partial charge >= 0.3 is 6.09 Å². The third kappa shape index (κ3) is 13.3. The van der Waals surface area contributed by atoms with Crippen molar-refractivity contribution in [1.29, 1.82) is 0 Å². The topological polar surface area (TPSA) is 59.6 Å². The lowest BCUT2D eigenvalue weighted by atomic mass is 10.2. The van der Waals surface area contributed by atoms with Gasteiger partial charge in [0, 0.05) is 19.8 Å². The predicted molar refractivity (Wildman–Crippen MR) is 72.8 cm³/mol. The van der Waals surface area contributed by atoms with Crippen molar-refractivity contribution in [3.63, 3.8) is 0 Å². The Morgan fingerprint density at radius 2 is 1.78 bits per heavy atom. The minimum Gasteiger partial charge on any atom is -0.444 e. The van der Waals surface area contributed by atoms with Crippen LogP contribution in [0.15, 0.2) is 0 Å². The van der Waals surface area contributed by atoms with Crippen molar-refractivity contribution in [3.8, 4) is 0 Å². The van der Waals surface area contributed by atoms with Gasteiger partial charge in [0.05, 0.1) is 0 Å². The van der Waals surface area contributed by atoms with Gasteiger partial charge in [0.15, 0.2) is 0 Å². The lowest BCUT2D eigenvalue weighted by Gasteiger charge is -2.19. The average molecular weight is 260 g/mol. The molecular weight excluding hydrogens is 232 g/mol. The van der Waals surface area contributed by atoms with E-state index in [0.717, 1.165) is 39.1 Å². The van der Waals surface area contributed by atoms with Crippen LogP contribution in [0.5, 0.6) is 0 Å². The van der Waals surface area contributed by atoms with Crippen molar-refractivity contribution in [3.05, 3.63) is 0 Å². The summed E-state index contributed by atoms with van der Waals surface area (Å²) in [6.07, 6.45) is 1.57. The van der Waals surface area contributed by atoms with Crippen molar-refractivity contribution < 1.29 is 14.3 Å². The van der Waals surface area contributed by atoms with E-state index in [1.54, 1.807) is 0 Å². The highest BCUT2D eigenvalue weighted by Gasteiger charge is 2.15. The second-order valence-electron chi connectivity index (χ2n) is 5.08. The molecule has 0 bridgehead atoms. The van der Waals surface area contributed by atoms with E-state index in [4.69, 9.17) is 9.47 Å². The minimum absolute atomic E-state index is 0.348. The number of amides is 1. The number of nitrogens with one attached hydrogen (secondary N) is 2. The Labute approximate surface area is 111 Å². The maximum Gasteiger partial charge on any atom is 0.407 e. The standard InChI is InChI=1S/C13H28N2O3/c1-5-17-11-7-9-14-8-6-10-15-12(16)18-13(2,3)4/h14H,5-11H2,1-4H3,(H,15,16). The Balaban J connectivity index is 3.23. The fourth-order valence-electron chi connectivity index (χ4n) is 1.29.